The number of amides is 1. The van der Waals surface area contributed by atoms with Crippen molar-refractivity contribution in [3.8, 4) is 0 Å². The molecule has 0 fully saturated rings. The van der Waals surface area contributed by atoms with Gasteiger partial charge in [0.1, 0.15) is 13.2 Å². The minimum Gasteiger partial charge on any atom is -0.387 e. The number of carbonyl (C=O) groups is 1. The van der Waals surface area contributed by atoms with Gasteiger partial charge in [-0.25, -0.2) is 4.57 Å². The van der Waals surface area contributed by atoms with Crippen LogP contribution in [0, 0.1) is 0 Å². The van der Waals surface area contributed by atoms with E-state index in [0.29, 0.717) is 17.4 Å². The fraction of sp³-hybridized carbons (Fsp3) is 0.859. The summed E-state index contributed by atoms with van der Waals surface area (Å²) in [6.07, 6.45) is 73.7. The molecule has 0 heterocycles. The summed E-state index contributed by atoms with van der Waals surface area (Å²) in [7, 11) is 1.57. The Labute approximate surface area is 454 Å². The van der Waals surface area contributed by atoms with Crippen LogP contribution in [-0.4, -0.2) is 73.4 Å². The van der Waals surface area contributed by atoms with Crippen molar-refractivity contribution >= 4 is 13.7 Å². The summed E-state index contributed by atoms with van der Waals surface area (Å²) in [6.45, 7) is 4.83. The van der Waals surface area contributed by atoms with Crippen LogP contribution in [0.1, 0.15) is 303 Å². The number of unbranched alkanes of at least 4 members (excludes halogenated alkanes) is 39. The fourth-order valence-electron chi connectivity index (χ4n) is 9.35. The Bertz CT molecular complexity index is 1330. The van der Waals surface area contributed by atoms with Gasteiger partial charge in [-0.15, -0.1) is 0 Å². The van der Waals surface area contributed by atoms with E-state index in [1.54, 1.807) is 6.08 Å². The van der Waals surface area contributed by atoms with Crippen molar-refractivity contribution in [1.82, 2.24) is 5.32 Å². The predicted octanol–water partition coefficient (Wildman–Crippen LogP) is 19.5. The van der Waals surface area contributed by atoms with Crippen LogP contribution in [0.25, 0.3) is 0 Å². The van der Waals surface area contributed by atoms with Gasteiger partial charge in [0, 0.05) is 6.42 Å². The van der Waals surface area contributed by atoms with Crippen molar-refractivity contribution in [2.45, 2.75) is 315 Å². The molecule has 0 aromatic carbocycles. The average Bonchev–Trinajstić information content (AvgIpc) is 3.35. The molecule has 0 aliphatic rings. The molecule has 0 aromatic rings. The minimum absolute atomic E-state index is 0.0579. The summed E-state index contributed by atoms with van der Waals surface area (Å²) < 4.78 is 23.8. The number of aliphatic hydroxyl groups is 1. The third-order valence-corrected chi connectivity index (χ3v) is 15.3. The molecular weight excluding hydrogens is 924 g/mol. The molecule has 3 atom stereocenters. The summed E-state index contributed by atoms with van der Waals surface area (Å²) in [4.78, 5) is 23.3. The van der Waals surface area contributed by atoms with Gasteiger partial charge in [0.25, 0.3) is 0 Å². The third-order valence-electron chi connectivity index (χ3n) is 14.3. The molecule has 0 aliphatic heterocycles. The lowest BCUT2D eigenvalue weighted by molar-refractivity contribution is -0.870. The number of likely N-dealkylation sites (N-methyl/N-ethyl adjacent to an activating group) is 1. The molecule has 0 aliphatic carbocycles. The number of nitrogens with zero attached hydrogens (tertiary/aromatic N) is 1. The number of phosphoric acid groups is 1. The zero-order valence-electron chi connectivity index (χ0n) is 49.1. The van der Waals surface area contributed by atoms with Crippen LogP contribution in [0.5, 0.6) is 0 Å². The summed E-state index contributed by atoms with van der Waals surface area (Å²) >= 11 is 0. The lowest BCUT2D eigenvalue weighted by Crippen LogP contribution is -2.45. The predicted molar refractivity (Wildman–Crippen MR) is 318 cm³/mol. The molecule has 0 bridgehead atoms. The maximum Gasteiger partial charge on any atom is 0.472 e. The number of quaternary nitrogens is 1. The molecule has 3 unspecified atom stereocenters. The molecule has 0 saturated heterocycles. The number of hydrogen-bond donors (Lipinski definition) is 3. The fourth-order valence-corrected chi connectivity index (χ4v) is 10.1. The maximum atomic E-state index is 13.0. The van der Waals surface area contributed by atoms with E-state index < -0.39 is 20.0 Å². The van der Waals surface area contributed by atoms with Crippen molar-refractivity contribution in [3.63, 3.8) is 0 Å². The average molecular weight is 1050 g/mol. The highest BCUT2D eigenvalue weighted by atomic mass is 31.2. The van der Waals surface area contributed by atoms with Crippen molar-refractivity contribution in [1.29, 1.82) is 0 Å². The highest BCUT2D eigenvalue weighted by Crippen LogP contribution is 2.43. The quantitative estimate of drug-likeness (QED) is 0.0243. The van der Waals surface area contributed by atoms with Gasteiger partial charge in [0.2, 0.25) is 5.91 Å². The first-order valence-corrected chi connectivity index (χ1v) is 33.0. The second-order valence-electron chi connectivity index (χ2n) is 22.8. The molecule has 430 valence electrons. The molecule has 0 aromatic heterocycles. The number of allylic oxidation sites excluding steroid dienone is 7. The summed E-state index contributed by atoms with van der Waals surface area (Å²) in [5, 5.41) is 14.0. The SMILES string of the molecule is CCCCCCC/C=C\C/C=C\C/C=C\CCCCCCCCC(=O)NC(COP(=O)(O)OCC[N+](C)(C)C)C(O)/C=C/CCCCCCCCCCCCCCCCCCCCCCCCCCCCCC. The molecule has 0 spiro atoms. The summed E-state index contributed by atoms with van der Waals surface area (Å²) in [5.41, 5.74) is 0. The molecular formula is C64H124N2O6P+. The van der Waals surface area contributed by atoms with Crippen LogP contribution >= 0.6 is 7.82 Å². The Morgan fingerprint density at radius 3 is 1.14 bits per heavy atom. The standard InChI is InChI=1S/C64H123N2O6P/c1-6-8-10-12-14-16-18-20-22-24-26-28-29-30-31-32-33-34-35-36-38-39-41-43-45-47-49-51-53-55-57-63(67)62(61-72-73(69,70)71-60-59-66(3,4)5)65-64(68)58-56-54-52-50-48-46-44-42-40-37-27-25-23-21-19-17-15-13-11-9-7-2/h19,21,25,27,40,42,55,57,62-63,67H,6-18,20,22-24,26,28-39,41,43-54,56,58-61H2,1-5H3,(H-,65,68,69,70)/p+1/b21-19-,27-25-,42-40-,57-55+. The smallest absolute Gasteiger partial charge is 0.387 e. The normalized spacial score (nSPS) is 14.1. The van der Waals surface area contributed by atoms with Crippen molar-refractivity contribution in [2.75, 3.05) is 40.9 Å². The van der Waals surface area contributed by atoms with E-state index >= 15 is 0 Å². The van der Waals surface area contributed by atoms with Crippen LogP contribution in [0.2, 0.25) is 0 Å². The Balaban J connectivity index is 4.15. The van der Waals surface area contributed by atoms with Crippen LogP contribution in [0.15, 0.2) is 48.6 Å². The zero-order valence-corrected chi connectivity index (χ0v) is 50.0. The van der Waals surface area contributed by atoms with Crippen LogP contribution in [0.3, 0.4) is 0 Å². The van der Waals surface area contributed by atoms with Gasteiger partial charge < -0.3 is 19.8 Å². The van der Waals surface area contributed by atoms with Crippen LogP contribution < -0.4 is 5.32 Å². The molecule has 0 saturated carbocycles. The van der Waals surface area contributed by atoms with E-state index in [-0.39, 0.29) is 19.1 Å². The van der Waals surface area contributed by atoms with Gasteiger partial charge in [-0.3, -0.25) is 13.8 Å². The molecule has 8 nitrogen and oxygen atoms in total. The van der Waals surface area contributed by atoms with E-state index in [1.165, 1.54) is 218 Å². The first-order valence-electron chi connectivity index (χ1n) is 31.5. The molecule has 1 amide bonds. The Hall–Kier alpha value is -1.54. The van der Waals surface area contributed by atoms with Gasteiger partial charge in [-0.05, 0) is 57.8 Å². The number of hydrogen-bond acceptors (Lipinski definition) is 5. The first-order chi connectivity index (χ1) is 35.5. The zero-order chi connectivity index (χ0) is 53.5. The highest BCUT2D eigenvalue weighted by Gasteiger charge is 2.27. The van der Waals surface area contributed by atoms with Crippen molar-refractivity contribution < 1.29 is 32.9 Å². The van der Waals surface area contributed by atoms with Gasteiger partial charge in [-0.2, -0.15) is 0 Å². The number of carbonyl (C=O) groups excluding carboxylic acids is 1. The topological polar surface area (TPSA) is 105 Å². The Morgan fingerprint density at radius 1 is 0.466 bits per heavy atom. The van der Waals surface area contributed by atoms with E-state index in [0.717, 1.165) is 64.2 Å². The molecule has 73 heavy (non-hydrogen) atoms. The Morgan fingerprint density at radius 2 is 0.781 bits per heavy atom. The van der Waals surface area contributed by atoms with Gasteiger partial charge in [0.05, 0.1) is 39.9 Å². The van der Waals surface area contributed by atoms with E-state index in [1.807, 2.05) is 27.2 Å². The molecule has 0 rings (SSSR count). The van der Waals surface area contributed by atoms with Gasteiger partial charge in [-0.1, -0.05) is 287 Å². The summed E-state index contributed by atoms with van der Waals surface area (Å²) in [6, 6.07) is -0.856. The van der Waals surface area contributed by atoms with Gasteiger partial charge >= 0.3 is 7.82 Å². The summed E-state index contributed by atoms with van der Waals surface area (Å²) in [5.74, 6) is -0.187. The molecule has 3 N–H and O–H groups in total. The van der Waals surface area contributed by atoms with Crippen molar-refractivity contribution in [2.24, 2.45) is 0 Å². The largest absolute Gasteiger partial charge is 0.472 e. The van der Waals surface area contributed by atoms with E-state index in [4.69, 9.17) is 9.05 Å². The Kier molecular flexibility index (Phi) is 54.1. The van der Waals surface area contributed by atoms with E-state index in [9.17, 15) is 19.4 Å². The number of nitrogens with one attached hydrogen (secondary N) is 1. The third kappa shape index (κ3) is 58.0. The second kappa shape index (κ2) is 55.2. The van der Waals surface area contributed by atoms with Crippen LogP contribution in [-0.2, 0) is 18.4 Å². The monoisotopic (exact) mass is 1050 g/mol. The molecule has 0 radical (unpaired) electrons. The lowest BCUT2D eigenvalue weighted by atomic mass is 10.0. The number of phosphoric ester groups is 1. The minimum atomic E-state index is -4.36. The first kappa shape index (κ1) is 71.5. The lowest BCUT2D eigenvalue weighted by Gasteiger charge is -2.25. The highest BCUT2D eigenvalue weighted by molar-refractivity contribution is 7.47. The second-order valence-corrected chi connectivity index (χ2v) is 24.2. The van der Waals surface area contributed by atoms with E-state index in [2.05, 4.69) is 55.6 Å². The van der Waals surface area contributed by atoms with Crippen molar-refractivity contribution in [3.05, 3.63) is 48.6 Å². The maximum absolute atomic E-state index is 13.0. The molecule has 9 heteroatoms. The van der Waals surface area contributed by atoms with Crippen LogP contribution in [0.4, 0.5) is 0 Å². The van der Waals surface area contributed by atoms with Gasteiger partial charge in [0.15, 0.2) is 0 Å². The number of rotatable bonds is 58. The number of aliphatic hydroxyl groups excluding tert-OH is 1.